The molecule has 0 spiro atoms. The molecule has 1 N–H and O–H groups in total. The summed E-state index contributed by atoms with van der Waals surface area (Å²) >= 11 is 0. The van der Waals surface area contributed by atoms with E-state index in [1.807, 2.05) is 19.1 Å². The molecule has 0 unspecified atom stereocenters. The van der Waals surface area contributed by atoms with Gasteiger partial charge in [-0.15, -0.1) is 0 Å². The largest absolute Gasteiger partial charge is 0.507 e. The van der Waals surface area contributed by atoms with Gasteiger partial charge in [-0.05, 0) is 49.2 Å². The fraction of sp³-hybridized carbons (Fsp3) is 0.143. The average Bonchev–Trinajstić information content (AvgIpc) is 2.26. The van der Waals surface area contributed by atoms with Crippen LogP contribution in [0.1, 0.15) is 11.1 Å². The highest BCUT2D eigenvalue weighted by atomic mass is 16.3. The number of aromatic hydroxyl groups is 1. The van der Waals surface area contributed by atoms with Gasteiger partial charge in [-0.25, -0.2) is 0 Å². The number of hydrogen-bond acceptors (Lipinski definition) is 1. The second kappa shape index (κ2) is 3.89. The smallest absolute Gasteiger partial charge is 0.181 e. The van der Waals surface area contributed by atoms with Crippen molar-refractivity contribution < 1.29 is 10.2 Å². The van der Waals surface area contributed by atoms with E-state index < -0.39 is 0 Å². The van der Waals surface area contributed by atoms with Crippen molar-refractivity contribution in [3.8, 4) is 22.6 Å². The zero-order valence-corrected chi connectivity index (χ0v) is 9.32. The van der Waals surface area contributed by atoms with E-state index >= 15 is 0 Å². The minimum absolute atomic E-state index is 0.0240. The number of hydrogen-bond donors (Lipinski definition) is 1. The van der Waals surface area contributed by atoms with Crippen LogP contribution in [0.2, 0.25) is 0 Å². The minimum atomic E-state index is 0.0240. The van der Waals surface area contributed by atoms with E-state index in [4.69, 9.17) is 0 Å². The first-order valence-corrected chi connectivity index (χ1v) is 5.15. The van der Waals surface area contributed by atoms with Crippen molar-refractivity contribution in [3.05, 3.63) is 47.5 Å². The van der Waals surface area contributed by atoms with E-state index in [1.165, 1.54) is 6.07 Å². The molecular weight excluding hydrogens is 200 g/mol. The topological polar surface area (TPSA) is 40.1 Å². The summed E-state index contributed by atoms with van der Waals surface area (Å²) < 4.78 is 0. The van der Waals surface area contributed by atoms with E-state index in [0.717, 1.165) is 16.7 Å². The van der Waals surface area contributed by atoms with Crippen LogP contribution < -0.4 is 0 Å². The normalized spacial score (nSPS) is 10.4. The molecule has 2 rings (SSSR count). The highest BCUT2D eigenvalue weighted by molar-refractivity contribution is 5.72. The molecule has 81 valence electrons. The number of phenolic OH excluding ortho intramolecular Hbond substituents is 1. The van der Waals surface area contributed by atoms with Crippen LogP contribution >= 0.6 is 0 Å². The predicted octanol–water partition coefficient (Wildman–Crippen LogP) is 3.82. The van der Waals surface area contributed by atoms with Crippen molar-refractivity contribution in [2.45, 2.75) is 13.8 Å². The molecule has 0 bridgehead atoms. The highest BCUT2D eigenvalue weighted by Gasteiger charge is 2.06. The summed E-state index contributed by atoms with van der Waals surface area (Å²) in [6.07, 6.45) is 0. The summed E-state index contributed by atoms with van der Waals surface area (Å²) in [5, 5.41) is 21.1. The Morgan fingerprint density at radius 2 is 1.75 bits per heavy atom. The lowest BCUT2D eigenvalue weighted by atomic mass is 10.0. The SMILES string of the molecule is Cc1ccc(O)c(-c2ccc([O])c(C)c2)c1. The van der Waals surface area contributed by atoms with Gasteiger partial charge in [0.25, 0.3) is 0 Å². The Balaban J connectivity index is 2.58. The Hall–Kier alpha value is -1.96. The van der Waals surface area contributed by atoms with Crippen molar-refractivity contribution in [1.82, 2.24) is 0 Å². The van der Waals surface area contributed by atoms with Crippen LogP contribution in [-0.2, 0) is 5.11 Å². The standard InChI is InChI=1S/C14H13O2/c1-9-3-5-14(16)12(7-9)11-4-6-13(15)10(2)8-11/h3-8,16H,1-2H3. The molecule has 2 nitrogen and oxygen atoms in total. The fourth-order valence-corrected chi connectivity index (χ4v) is 1.70. The molecule has 2 aromatic carbocycles. The Kier molecular flexibility index (Phi) is 2.57. The summed E-state index contributed by atoms with van der Waals surface area (Å²) in [4.78, 5) is 0. The Bertz CT molecular complexity index is 530. The van der Waals surface area contributed by atoms with Crippen molar-refractivity contribution in [1.29, 1.82) is 0 Å². The highest BCUT2D eigenvalue weighted by Crippen LogP contribution is 2.32. The van der Waals surface area contributed by atoms with E-state index in [-0.39, 0.29) is 11.5 Å². The number of aryl methyl sites for hydroxylation is 2. The van der Waals surface area contributed by atoms with Gasteiger partial charge >= 0.3 is 0 Å². The second-order valence-electron chi connectivity index (χ2n) is 4.00. The minimum Gasteiger partial charge on any atom is -0.507 e. The van der Waals surface area contributed by atoms with Gasteiger partial charge in [0, 0.05) is 5.56 Å². The Morgan fingerprint density at radius 1 is 1.00 bits per heavy atom. The third-order valence-electron chi connectivity index (χ3n) is 2.64. The van der Waals surface area contributed by atoms with Crippen LogP contribution in [0.25, 0.3) is 11.1 Å². The Morgan fingerprint density at radius 3 is 2.44 bits per heavy atom. The molecule has 2 heteroatoms. The molecule has 0 aliphatic rings. The molecule has 1 radical (unpaired) electrons. The van der Waals surface area contributed by atoms with Gasteiger partial charge in [0.1, 0.15) is 5.75 Å². The maximum absolute atomic E-state index is 11.3. The van der Waals surface area contributed by atoms with E-state index in [1.54, 1.807) is 25.1 Å². The first-order chi connectivity index (χ1) is 7.58. The number of phenols is 1. The third kappa shape index (κ3) is 1.87. The van der Waals surface area contributed by atoms with Crippen molar-refractivity contribution in [3.63, 3.8) is 0 Å². The monoisotopic (exact) mass is 213 g/mol. The molecule has 0 saturated heterocycles. The van der Waals surface area contributed by atoms with Crippen LogP contribution in [0.5, 0.6) is 11.5 Å². The van der Waals surface area contributed by atoms with Gasteiger partial charge < -0.3 is 5.11 Å². The summed E-state index contributed by atoms with van der Waals surface area (Å²) in [5.74, 6) is 0.263. The molecule has 0 aliphatic carbocycles. The quantitative estimate of drug-likeness (QED) is 0.768. The number of benzene rings is 2. The molecule has 0 aliphatic heterocycles. The maximum atomic E-state index is 11.3. The molecule has 0 fully saturated rings. The van der Waals surface area contributed by atoms with Crippen LogP contribution in [0.4, 0.5) is 0 Å². The molecule has 0 atom stereocenters. The van der Waals surface area contributed by atoms with E-state index in [2.05, 4.69) is 0 Å². The fourth-order valence-electron chi connectivity index (χ4n) is 1.70. The van der Waals surface area contributed by atoms with Gasteiger partial charge in [0.2, 0.25) is 0 Å². The van der Waals surface area contributed by atoms with Gasteiger partial charge in [-0.1, -0.05) is 17.7 Å². The molecule has 0 heterocycles. The molecule has 0 aromatic heterocycles. The van der Waals surface area contributed by atoms with Gasteiger partial charge in [0.15, 0.2) is 5.75 Å². The third-order valence-corrected chi connectivity index (χ3v) is 2.64. The zero-order chi connectivity index (χ0) is 11.7. The predicted molar refractivity (Wildman–Crippen MR) is 63.1 cm³/mol. The average molecular weight is 213 g/mol. The first-order valence-electron chi connectivity index (χ1n) is 5.15. The Labute approximate surface area is 94.8 Å². The van der Waals surface area contributed by atoms with Crippen molar-refractivity contribution >= 4 is 0 Å². The molecule has 0 amide bonds. The molecule has 2 aromatic rings. The second-order valence-corrected chi connectivity index (χ2v) is 4.00. The zero-order valence-electron chi connectivity index (χ0n) is 9.32. The van der Waals surface area contributed by atoms with Crippen LogP contribution in [-0.4, -0.2) is 5.11 Å². The lowest BCUT2D eigenvalue weighted by Crippen LogP contribution is -1.82. The molecule has 16 heavy (non-hydrogen) atoms. The lowest BCUT2D eigenvalue weighted by molar-refractivity contribution is 0.352. The van der Waals surface area contributed by atoms with Crippen LogP contribution in [0.3, 0.4) is 0 Å². The summed E-state index contributed by atoms with van der Waals surface area (Å²) in [7, 11) is 0. The van der Waals surface area contributed by atoms with Gasteiger partial charge in [-0.2, -0.15) is 0 Å². The van der Waals surface area contributed by atoms with E-state index in [9.17, 15) is 10.2 Å². The number of rotatable bonds is 1. The van der Waals surface area contributed by atoms with Crippen LogP contribution in [0, 0.1) is 13.8 Å². The molecule has 0 saturated carbocycles. The van der Waals surface area contributed by atoms with Gasteiger partial charge in [0.05, 0.1) is 0 Å². The summed E-state index contributed by atoms with van der Waals surface area (Å²) in [5.41, 5.74) is 3.41. The molecular formula is C14H13O2. The van der Waals surface area contributed by atoms with Crippen LogP contribution in [0.15, 0.2) is 36.4 Å². The summed E-state index contributed by atoms with van der Waals surface area (Å²) in [6, 6.07) is 10.5. The van der Waals surface area contributed by atoms with E-state index in [0.29, 0.717) is 5.56 Å². The first kappa shape index (κ1) is 10.6. The van der Waals surface area contributed by atoms with Gasteiger partial charge in [-0.3, -0.25) is 5.11 Å². The maximum Gasteiger partial charge on any atom is 0.181 e. The van der Waals surface area contributed by atoms with Crippen molar-refractivity contribution in [2.24, 2.45) is 0 Å². The summed E-state index contributed by atoms with van der Waals surface area (Å²) in [6.45, 7) is 3.75. The lowest BCUT2D eigenvalue weighted by Gasteiger charge is -2.07. The van der Waals surface area contributed by atoms with Crippen molar-refractivity contribution in [2.75, 3.05) is 0 Å².